The number of rotatable bonds is 3. The third-order valence-electron chi connectivity index (χ3n) is 2.35. The SMILES string of the molecule is Brc1cc(Br)c(SSc2c(Br)cc(Br)c(Br)c2Br)c(Br)c1Br. The highest BCUT2D eigenvalue weighted by Crippen LogP contribution is 2.52. The summed E-state index contributed by atoms with van der Waals surface area (Å²) in [7, 11) is 3.34. The molecule has 0 bridgehead atoms. The van der Waals surface area contributed by atoms with E-state index in [0.717, 1.165) is 45.6 Å². The molecule has 0 aliphatic rings. The van der Waals surface area contributed by atoms with Crippen LogP contribution in [0.5, 0.6) is 0 Å². The molecule has 0 aliphatic heterocycles. The molecule has 0 nitrogen and oxygen atoms in total. The van der Waals surface area contributed by atoms with Crippen molar-refractivity contribution in [2.24, 2.45) is 0 Å². The highest BCUT2D eigenvalue weighted by molar-refractivity contribution is 9.15. The normalized spacial score (nSPS) is 11.1. The summed E-state index contributed by atoms with van der Waals surface area (Å²) in [6.45, 7) is 0. The summed E-state index contributed by atoms with van der Waals surface area (Å²) in [6, 6.07) is 4.05. The van der Waals surface area contributed by atoms with Crippen LogP contribution >= 0.6 is 149 Å². The van der Waals surface area contributed by atoms with Crippen molar-refractivity contribution in [3.8, 4) is 0 Å². The molecule has 118 valence electrons. The van der Waals surface area contributed by atoms with Crippen LogP contribution in [0.15, 0.2) is 57.7 Å². The molecule has 0 fully saturated rings. The van der Waals surface area contributed by atoms with Gasteiger partial charge < -0.3 is 0 Å². The van der Waals surface area contributed by atoms with Crippen molar-refractivity contribution in [1.29, 1.82) is 0 Å². The summed E-state index contributed by atoms with van der Waals surface area (Å²) in [5, 5.41) is 0. The summed E-state index contributed by atoms with van der Waals surface area (Å²) in [4.78, 5) is 2.22. The van der Waals surface area contributed by atoms with Crippen LogP contribution in [0.4, 0.5) is 0 Å². The van der Waals surface area contributed by atoms with Gasteiger partial charge in [-0.3, -0.25) is 0 Å². The second-order valence-electron chi connectivity index (χ2n) is 3.76. The maximum atomic E-state index is 3.64. The Morgan fingerprint density at radius 2 is 0.773 bits per heavy atom. The molecule has 2 rings (SSSR count). The van der Waals surface area contributed by atoms with Crippen LogP contribution in [-0.2, 0) is 0 Å². The topological polar surface area (TPSA) is 0 Å². The smallest absolute Gasteiger partial charge is 0.0485 e. The van der Waals surface area contributed by atoms with Crippen LogP contribution in [0, 0.1) is 0 Å². The van der Waals surface area contributed by atoms with Crippen LogP contribution in [0.1, 0.15) is 0 Å². The van der Waals surface area contributed by atoms with Crippen molar-refractivity contribution < 1.29 is 0 Å². The molecule has 0 saturated heterocycles. The van der Waals surface area contributed by atoms with Gasteiger partial charge in [-0.1, -0.05) is 21.6 Å². The molecular weight excluding hydrogens is 847 g/mol. The van der Waals surface area contributed by atoms with Gasteiger partial charge in [0.2, 0.25) is 0 Å². The second kappa shape index (κ2) is 9.26. The highest BCUT2D eigenvalue weighted by Gasteiger charge is 2.17. The van der Waals surface area contributed by atoms with Crippen molar-refractivity contribution in [1.82, 2.24) is 0 Å². The van der Waals surface area contributed by atoms with Crippen LogP contribution in [-0.4, -0.2) is 0 Å². The van der Waals surface area contributed by atoms with Gasteiger partial charge in [0, 0.05) is 45.6 Å². The monoisotopic (exact) mass is 841 g/mol. The van der Waals surface area contributed by atoms with E-state index in [0.29, 0.717) is 0 Å². The van der Waals surface area contributed by atoms with Gasteiger partial charge in [-0.25, -0.2) is 0 Å². The van der Waals surface area contributed by atoms with E-state index < -0.39 is 0 Å². The number of hydrogen-bond acceptors (Lipinski definition) is 2. The third kappa shape index (κ3) is 4.82. The minimum Gasteiger partial charge on any atom is -0.0500 e. The predicted molar refractivity (Wildman–Crippen MR) is 126 cm³/mol. The number of halogens is 8. The molecule has 0 aliphatic carbocycles. The minimum absolute atomic E-state index is 0.994. The van der Waals surface area contributed by atoms with Gasteiger partial charge in [0.1, 0.15) is 0 Å². The molecule has 0 saturated carbocycles. The lowest BCUT2D eigenvalue weighted by Gasteiger charge is -2.13. The largest absolute Gasteiger partial charge is 0.0500 e. The van der Waals surface area contributed by atoms with Crippen molar-refractivity contribution in [2.75, 3.05) is 0 Å². The van der Waals surface area contributed by atoms with Crippen molar-refractivity contribution in [3.63, 3.8) is 0 Å². The zero-order valence-corrected chi connectivity index (χ0v) is 24.3. The molecule has 0 radical (unpaired) electrons. The Labute approximate surface area is 203 Å². The standard InChI is InChI=1S/C12H2Br8S2/c13-3-1-5(15)11(9(19)7(3)17)21-22-12-6(16)2-4(14)8(18)10(12)20/h1-2H. The molecule has 0 spiro atoms. The van der Waals surface area contributed by atoms with Gasteiger partial charge in [-0.15, -0.1) is 0 Å². The second-order valence-corrected chi connectivity index (χ2v) is 12.5. The van der Waals surface area contributed by atoms with Gasteiger partial charge >= 0.3 is 0 Å². The maximum Gasteiger partial charge on any atom is 0.0485 e. The molecule has 0 N–H and O–H groups in total. The van der Waals surface area contributed by atoms with Crippen LogP contribution in [0.25, 0.3) is 0 Å². The molecule has 10 heteroatoms. The van der Waals surface area contributed by atoms with Gasteiger partial charge in [0.05, 0.1) is 0 Å². The molecule has 0 heterocycles. The first kappa shape index (κ1) is 21.3. The van der Waals surface area contributed by atoms with E-state index in [4.69, 9.17) is 0 Å². The van der Waals surface area contributed by atoms with E-state index in [2.05, 4.69) is 127 Å². The fourth-order valence-electron chi connectivity index (χ4n) is 1.34. The Bertz CT molecular complexity index is 683. The first-order chi connectivity index (χ1) is 10.2. The van der Waals surface area contributed by atoms with E-state index in [9.17, 15) is 0 Å². The summed E-state index contributed by atoms with van der Waals surface area (Å²) in [5.74, 6) is 0. The van der Waals surface area contributed by atoms with E-state index in [1.54, 1.807) is 21.6 Å². The summed E-state index contributed by atoms with van der Waals surface area (Å²) in [6.07, 6.45) is 0. The van der Waals surface area contributed by atoms with Gasteiger partial charge in [0.25, 0.3) is 0 Å². The van der Waals surface area contributed by atoms with Gasteiger partial charge in [-0.05, 0) is 140 Å². The fourth-order valence-corrected chi connectivity index (χ4v) is 11.1. The molecule has 2 aromatic rings. The molecule has 0 unspecified atom stereocenters. The first-order valence-corrected chi connectivity index (χ1v) is 13.7. The average molecular weight is 850 g/mol. The average Bonchev–Trinajstić information content (AvgIpc) is 2.45. The molecule has 2 aromatic carbocycles. The van der Waals surface area contributed by atoms with Gasteiger partial charge in [0.15, 0.2) is 0 Å². The summed E-state index contributed by atoms with van der Waals surface area (Å²) in [5.41, 5.74) is 0. The first-order valence-electron chi connectivity index (χ1n) is 5.24. The quantitative estimate of drug-likeness (QED) is 0.171. The van der Waals surface area contributed by atoms with Crippen molar-refractivity contribution in [2.45, 2.75) is 9.79 Å². The van der Waals surface area contributed by atoms with Crippen molar-refractivity contribution in [3.05, 3.63) is 47.9 Å². The van der Waals surface area contributed by atoms with E-state index in [1.807, 2.05) is 12.1 Å². The number of benzene rings is 2. The Morgan fingerprint density at radius 1 is 0.455 bits per heavy atom. The molecule has 22 heavy (non-hydrogen) atoms. The summed E-state index contributed by atoms with van der Waals surface area (Å²) < 4.78 is 8.04. The van der Waals surface area contributed by atoms with Crippen molar-refractivity contribution >= 4 is 149 Å². The third-order valence-corrected chi connectivity index (χ3v) is 13.8. The maximum absolute atomic E-state index is 3.64. The Kier molecular flexibility index (Phi) is 8.96. The zero-order valence-electron chi connectivity index (χ0n) is 9.99. The van der Waals surface area contributed by atoms with Crippen LogP contribution in [0.3, 0.4) is 0 Å². The fraction of sp³-hybridized carbons (Fsp3) is 0. The lowest BCUT2D eigenvalue weighted by Crippen LogP contribution is -1.83. The molecule has 0 aromatic heterocycles. The zero-order chi connectivity index (χ0) is 16.6. The van der Waals surface area contributed by atoms with E-state index in [1.165, 1.54) is 0 Å². The van der Waals surface area contributed by atoms with E-state index in [-0.39, 0.29) is 0 Å². The minimum atomic E-state index is 0.994. The predicted octanol–water partition coefficient (Wildman–Crippen LogP) is 10.6. The van der Waals surface area contributed by atoms with Crippen LogP contribution in [0.2, 0.25) is 0 Å². The Morgan fingerprint density at radius 3 is 1.09 bits per heavy atom. The summed E-state index contributed by atoms with van der Waals surface area (Å²) >= 11 is 28.7. The van der Waals surface area contributed by atoms with Gasteiger partial charge in [-0.2, -0.15) is 0 Å². The lowest BCUT2D eigenvalue weighted by molar-refractivity contribution is 1.31. The molecule has 0 amide bonds. The van der Waals surface area contributed by atoms with Crippen LogP contribution < -0.4 is 0 Å². The van der Waals surface area contributed by atoms with E-state index >= 15 is 0 Å². The number of hydrogen-bond donors (Lipinski definition) is 0. The highest BCUT2D eigenvalue weighted by atomic mass is 79.9. The Hall–Kier alpha value is 2.98. The molecular formula is C12H2Br8S2. The lowest BCUT2D eigenvalue weighted by atomic mass is 10.4. The Balaban J connectivity index is 2.36. The molecule has 0 atom stereocenters.